The molecule has 0 saturated carbocycles. The molecule has 5 nitrogen and oxygen atoms in total. The van der Waals surface area contributed by atoms with Gasteiger partial charge in [-0.05, 0) is 12.0 Å². The van der Waals surface area contributed by atoms with Crippen LogP contribution in [0.4, 0.5) is 0 Å². The van der Waals surface area contributed by atoms with Crippen LogP contribution in [0.25, 0.3) is 0 Å². The number of benzene rings is 1. The van der Waals surface area contributed by atoms with Crippen molar-refractivity contribution in [1.29, 1.82) is 0 Å². The summed E-state index contributed by atoms with van der Waals surface area (Å²) < 4.78 is 8.94. The Labute approximate surface area is 111 Å². The standard InChI is InChI=1S/C14H16O5/c1-18-12(15)9-11(13(16)14(17)19-2)8-10-6-4-3-5-7-10/h3-7,11H,8-9H2,1-2H3. The molecule has 0 fully saturated rings. The van der Waals surface area contributed by atoms with Crippen LogP contribution < -0.4 is 0 Å². The molecule has 5 heteroatoms. The molecule has 1 aromatic rings. The lowest BCUT2D eigenvalue weighted by Crippen LogP contribution is -2.29. The van der Waals surface area contributed by atoms with E-state index in [1.54, 1.807) is 0 Å². The third-order valence-corrected chi connectivity index (χ3v) is 2.72. The second kappa shape index (κ2) is 7.31. The Morgan fingerprint density at radius 2 is 1.68 bits per heavy atom. The van der Waals surface area contributed by atoms with Crippen LogP contribution >= 0.6 is 0 Å². The number of esters is 2. The minimum absolute atomic E-state index is 0.140. The van der Waals surface area contributed by atoms with Crippen LogP contribution in [-0.4, -0.2) is 31.9 Å². The minimum atomic E-state index is -0.940. The number of methoxy groups -OCH3 is 2. The lowest BCUT2D eigenvalue weighted by atomic mass is 9.92. The van der Waals surface area contributed by atoms with E-state index in [1.807, 2.05) is 30.3 Å². The Hall–Kier alpha value is -2.17. The van der Waals surface area contributed by atoms with Crippen molar-refractivity contribution >= 4 is 17.7 Å². The lowest BCUT2D eigenvalue weighted by molar-refractivity contribution is -0.155. The summed E-state index contributed by atoms with van der Waals surface area (Å²) in [4.78, 5) is 34.4. The summed E-state index contributed by atoms with van der Waals surface area (Å²) in [6.07, 6.45) is 0.156. The summed E-state index contributed by atoms with van der Waals surface area (Å²) >= 11 is 0. The number of rotatable bonds is 6. The molecule has 0 heterocycles. The summed E-state index contributed by atoms with van der Waals surface area (Å²) in [6, 6.07) is 9.16. The third-order valence-electron chi connectivity index (χ3n) is 2.72. The monoisotopic (exact) mass is 264 g/mol. The highest BCUT2D eigenvalue weighted by Crippen LogP contribution is 2.15. The van der Waals surface area contributed by atoms with Crippen LogP contribution in [0.5, 0.6) is 0 Å². The fourth-order valence-corrected chi connectivity index (χ4v) is 1.71. The van der Waals surface area contributed by atoms with Gasteiger partial charge in [-0.1, -0.05) is 30.3 Å². The van der Waals surface area contributed by atoms with Gasteiger partial charge >= 0.3 is 11.9 Å². The van der Waals surface area contributed by atoms with E-state index in [2.05, 4.69) is 9.47 Å². The molecule has 0 aromatic heterocycles. The van der Waals surface area contributed by atoms with Gasteiger partial charge in [-0.15, -0.1) is 0 Å². The van der Waals surface area contributed by atoms with Crippen molar-refractivity contribution in [3.63, 3.8) is 0 Å². The molecule has 1 unspecified atom stereocenters. The molecule has 0 aliphatic carbocycles. The van der Waals surface area contributed by atoms with Crippen LogP contribution in [0.3, 0.4) is 0 Å². The largest absolute Gasteiger partial charge is 0.469 e. The first-order valence-electron chi connectivity index (χ1n) is 5.81. The molecule has 19 heavy (non-hydrogen) atoms. The molecular weight excluding hydrogens is 248 g/mol. The average Bonchev–Trinajstić information content (AvgIpc) is 2.45. The summed E-state index contributed by atoms with van der Waals surface area (Å²) in [5.41, 5.74) is 0.869. The normalized spacial score (nSPS) is 11.5. The molecule has 1 rings (SSSR count). The average molecular weight is 264 g/mol. The van der Waals surface area contributed by atoms with Crippen molar-refractivity contribution in [2.75, 3.05) is 14.2 Å². The minimum Gasteiger partial charge on any atom is -0.469 e. The third kappa shape index (κ3) is 4.54. The molecule has 0 radical (unpaired) electrons. The van der Waals surface area contributed by atoms with Gasteiger partial charge in [0.25, 0.3) is 0 Å². The SMILES string of the molecule is COC(=O)CC(Cc1ccccc1)C(=O)C(=O)OC. The Balaban J connectivity index is 2.83. The first-order chi connectivity index (χ1) is 9.08. The van der Waals surface area contributed by atoms with Crippen LogP contribution in [0.2, 0.25) is 0 Å². The Morgan fingerprint density at radius 1 is 1.05 bits per heavy atom. The molecule has 1 atom stereocenters. The molecule has 0 amide bonds. The van der Waals surface area contributed by atoms with Crippen molar-refractivity contribution in [3.05, 3.63) is 35.9 Å². The maximum Gasteiger partial charge on any atom is 0.374 e. The summed E-state index contributed by atoms with van der Waals surface area (Å²) in [5, 5.41) is 0. The topological polar surface area (TPSA) is 69.7 Å². The first kappa shape index (κ1) is 14.9. The molecule has 0 saturated heterocycles. The highest BCUT2D eigenvalue weighted by atomic mass is 16.5. The van der Waals surface area contributed by atoms with Gasteiger partial charge in [0.15, 0.2) is 0 Å². The van der Waals surface area contributed by atoms with Crippen molar-refractivity contribution < 1.29 is 23.9 Å². The van der Waals surface area contributed by atoms with Crippen molar-refractivity contribution in [2.45, 2.75) is 12.8 Å². The first-order valence-corrected chi connectivity index (χ1v) is 5.81. The smallest absolute Gasteiger partial charge is 0.374 e. The van der Waals surface area contributed by atoms with Gasteiger partial charge in [-0.3, -0.25) is 9.59 Å². The van der Waals surface area contributed by atoms with Crippen LogP contribution in [0.1, 0.15) is 12.0 Å². The number of Topliss-reactive ketones (excluding diaryl/α,β-unsaturated/α-hetero) is 1. The van der Waals surface area contributed by atoms with E-state index < -0.39 is 23.6 Å². The number of carbonyl (C=O) groups excluding carboxylic acids is 3. The number of hydrogen-bond acceptors (Lipinski definition) is 5. The van der Waals surface area contributed by atoms with E-state index in [0.29, 0.717) is 6.42 Å². The van der Waals surface area contributed by atoms with E-state index in [-0.39, 0.29) is 6.42 Å². The van der Waals surface area contributed by atoms with E-state index in [0.717, 1.165) is 12.7 Å². The maximum absolute atomic E-state index is 11.8. The van der Waals surface area contributed by atoms with Gasteiger partial charge in [-0.25, -0.2) is 4.79 Å². The van der Waals surface area contributed by atoms with E-state index >= 15 is 0 Å². The van der Waals surface area contributed by atoms with E-state index in [4.69, 9.17) is 0 Å². The summed E-state index contributed by atoms with van der Waals surface area (Å²) in [7, 11) is 2.38. The highest BCUT2D eigenvalue weighted by Gasteiger charge is 2.28. The van der Waals surface area contributed by atoms with Crippen molar-refractivity contribution in [2.24, 2.45) is 5.92 Å². The Morgan fingerprint density at radius 3 is 2.21 bits per heavy atom. The zero-order chi connectivity index (χ0) is 14.3. The molecule has 0 bridgehead atoms. The summed E-state index contributed by atoms with van der Waals surface area (Å²) in [5.74, 6) is -2.94. The molecule has 1 aromatic carbocycles. The highest BCUT2D eigenvalue weighted by molar-refractivity contribution is 6.34. The van der Waals surface area contributed by atoms with Crippen LogP contribution in [0, 0.1) is 5.92 Å². The maximum atomic E-state index is 11.8. The fraction of sp³-hybridized carbons (Fsp3) is 0.357. The Kier molecular flexibility index (Phi) is 5.73. The van der Waals surface area contributed by atoms with E-state index in [9.17, 15) is 14.4 Å². The molecular formula is C14H16O5. The molecule has 0 spiro atoms. The second-order valence-corrected chi connectivity index (χ2v) is 4.02. The quantitative estimate of drug-likeness (QED) is 0.569. The lowest BCUT2D eigenvalue weighted by Gasteiger charge is -2.13. The van der Waals surface area contributed by atoms with Crippen molar-refractivity contribution in [1.82, 2.24) is 0 Å². The number of hydrogen-bond donors (Lipinski definition) is 0. The molecule has 0 N–H and O–H groups in total. The molecule has 0 aliphatic rings. The number of carbonyl (C=O) groups is 3. The summed E-state index contributed by atoms with van der Waals surface area (Å²) in [6.45, 7) is 0. The zero-order valence-electron chi connectivity index (χ0n) is 10.9. The number of ketones is 1. The Bertz CT molecular complexity index is 452. The fourth-order valence-electron chi connectivity index (χ4n) is 1.71. The van der Waals surface area contributed by atoms with E-state index in [1.165, 1.54) is 7.11 Å². The van der Waals surface area contributed by atoms with Crippen molar-refractivity contribution in [3.8, 4) is 0 Å². The second-order valence-electron chi connectivity index (χ2n) is 4.02. The predicted octanol–water partition coefficient (Wildman–Crippen LogP) is 1.15. The zero-order valence-corrected chi connectivity index (χ0v) is 10.9. The van der Waals surface area contributed by atoms with Gasteiger partial charge < -0.3 is 9.47 Å². The van der Waals surface area contributed by atoms with Gasteiger partial charge in [0.05, 0.1) is 20.6 Å². The molecule has 0 aliphatic heterocycles. The van der Waals surface area contributed by atoms with Crippen LogP contribution in [0.15, 0.2) is 30.3 Å². The predicted molar refractivity (Wildman–Crippen MR) is 67.3 cm³/mol. The number of ether oxygens (including phenoxy) is 2. The van der Waals surface area contributed by atoms with Gasteiger partial charge in [0.2, 0.25) is 5.78 Å². The van der Waals surface area contributed by atoms with Crippen LogP contribution in [-0.2, 0) is 30.3 Å². The van der Waals surface area contributed by atoms with Gasteiger partial charge in [0.1, 0.15) is 0 Å². The van der Waals surface area contributed by atoms with Gasteiger partial charge in [0, 0.05) is 5.92 Å². The molecule has 102 valence electrons. The van der Waals surface area contributed by atoms with Gasteiger partial charge in [-0.2, -0.15) is 0 Å².